The van der Waals surface area contributed by atoms with E-state index in [0.29, 0.717) is 11.8 Å². The summed E-state index contributed by atoms with van der Waals surface area (Å²) in [4.78, 5) is 30.0. The summed E-state index contributed by atoms with van der Waals surface area (Å²) in [6.45, 7) is 9.42. The molecular weight excluding hydrogens is 348 g/mol. The topological polar surface area (TPSA) is 40.6 Å². The number of likely N-dealkylation sites (tertiary alicyclic amines) is 2. The normalized spacial score (nSPS) is 24.5. The number of carbonyl (C=O) groups excluding carboxylic acids is 2. The lowest BCUT2D eigenvalue weighted by atomic mass is 9.69. The number of hydrogen-bond donors (Lipinski definition) is 0. The smallest absolute Gasteiger partial charge is 0.228 e. The molecule has 2 aliphatic heterocycles. The molecule has 2 heterocycles. The average molecular weight is 385 g/mol. The number of benzene rings is 1. The minimum absolute atomic E-state index is 0.0557. The fourth-order valence-corrected chi connectivity index (χ4v) is 4.97. The number of rotatable bonds is 5. The average Bonchev–Trinajstić information content (AvgIpc) is 2.86. The van der Waals surface area contributed by atoms with Gasteiger partial charge in [0.1, 0.15) is 0 Å². The van der Waals surface area contributed by atoms with E-state index in [-0.39, 0.29) is 17.2 Å². The highest BCUT2D eigenvalue weighted by Gasteiger charge is 2.45. The minimum atomic E-state index is -0.278. The Morgan fingerprint density at radius 2 is 1.79 bits per heavy atom. The third-order valence-electron chi connectivity index (χ3n) is 6.86. The quantitative estimate of drug-likeness (QED) is 0.765. The Morgan fingerprint density at radius 1 is 1.11 bits per heavy atom. The van der Waals surface area contributed by atoms with Crippen LogP contribution in [-0.2, 0) is 16.0 Å². The van der Waals surface area contributed by atoms with Crippen LogP contribution in [0.3, 0.4) is 0 Å². The Bertz CT molecular complexity index is 664. The summed E-state index contributed by atoms with van der Waals surface area (Å²) in [6, 6.07) is 10.5. The summed E-state index contributed by atoms with van der Waals surface area (Å²) >= 11 is 0. The van der Waals surface area contributed by atoms with E-state index < -0.39 is 0 Å². The van der Waals surface area contributed by atoms with Gasteiger partial charge >= 0.3 is 0 Å². The van der Waals surface area contributed by atoms with Crippen molar-refractivity contribution in [3.8, 4) is 0 Å². The molecule has 0 spiro atoms. The van der Waals surface area contributed by atoms with Gasteiger partial charge in [0.25, 0.3) is 0 Å². The Morgan fingerprint density at radius 3 is 2.43 bits per heavy atom. The van der Waals surface area contributed by atoms with Crippen molar-refractivity contribution >= 4 is 11.8 Å². The van der Waals surface area contributed by atoms with Crippen LogP contribution >= 0.6 is 0 Å². The van der Waals surface area contributed by atoms with Gasteiger partial charge in [0.05, 0.1) is 0 Å². The Balaban J connectivity index is 1.64. The van der Waals surface area contributed by atoms with Crippen LogP contribution in [0.5, 0.6) is 0 Å². The van der Waals surface area contributed by atoms with E-state index in [2.05, 4.69) is 36.1 Å². The number of hydrogen-bond acceptors (Lipinski definition) is 2. The Hall–Kier alpha value is -1.84. The van der Waals surface area contributed by atoms with Crippen molar-refractivity contribution in [2.45, 2.75) is 59.3 Å². The molecule has 2 saturated heterocycles. The lowest BCUT2D eigenvalue weighted by molar-refractivity contribution is -0.146. The van der Waals surface area contributed by atoms with Crippen LogP contribution in [0.1, 0.15) is 58.4 Å². The summed E-state index contributed by atoms with van der Waals surface area (Å²) in [5.74, 6) is 1.03. The fraction of sp³-hybridized carbons (Fsp3) is 0.667. The SMILES string of the molecule is CC(C)C(=O)N1CCC(C2(C)CCCCN(CCc3ccccc3)C2=O)CC1. The zero-order chi connectivity index (χ0) is 20.1. The van der Waals surface area contributed by atoms with E-state index >= 15 is 0 Å². The van der Waals surface area contributed by atoms with Crippen molar-refractivity contribution in [1.29, 1.82) is 0 Å². The molecule has 2 aliphatic rings. The van der Waals surface area contributed by atoms with Crippen LogP contribution in [0.2, 0.25) is 0 Å². The molecule has 0 saturated carbocycles. The first-order valence-corrected chi connectivity index (χ1v) is 11.0. The molecule has 1 unspecified atom stereocenters. The summed E-state index contributed by atoms with van der Waals surface area (Å²) in [7, 11) is 0. The van der Waals surface area contributed by atoms with Crippen LogP contribution in [0.15, 0.2) is 30.3 Å². The van der Waals surface area contributed by atoms with Crippen LogP contribution < -0.4 is 0 Å². The lowest BCUT2D eigenvalue weighted by Crippen LogP contribution is -2.50. The number of carbonyl (C=O) groups is 2. The van der Waals surface area contributed by atoms with E-state index in [1.54, 1.807) is 0 Å². The lowest BCUT2D eigenvalue weighted by Gasteiger charge is -2.43. The van der Waals surface area contributed by atoms with Gasteiger partial charge in [0.15, 0.2) is 0 Å². The van der Waals surface area contributed by atoms with E-state index in [1.807, 2.05) is 24.8 Å². The standard InChI is InChI=1S/C24H36N2O2/c1-19(2)22(27)25-17-12-21(13-18-25)24(3)14-7-8-15-26(23(24)28)16-11-20-9-5-4-6-10-20/h4-6,9-10,19,21H,7-8,11-18H2,1-3H3. The van der Waals surface area contributed by atoms with E-state index in [1.165, 1.54) is 5.56 Å². The van der Waals surface area contributed by atoms with E-state index in [0.717, 1.165) is 64.7 Å². The number of nitrogens with zero attached hydrogens (tertiary/aromatic N) is 2. The van der Waals surface area contributed by atoms with Gasteiger partial charge in [-0.25, -0.2) is 0 Å². The summed E-state index contributed by atoms with van der Waals surface area (Å²) < 4.78 is 0. The van der Waals surface area contributed by atoms with Crippen LogP contribution in [0, 0.1) is 17.3 Å². The molecule has 1 aromatic rings. The second-order valence-electron chi connectivity index (χ2n) is 9.16. The van der Waals surface area contributed by atoms with E-state index in [4.69, 9.17) is 0 Å². The predicted octanol–water partition coefficient (Wildman–Crippen LogP) is 4.14. The maximum absolute atomic E-state index is 13.6. The van der Waals surface area contributed by atoms with E-state index in [9.17, 15) is 9.59 Å². The third kappa shape index (κ3) is 4.59. The van der Waals surface area contributed by atoms with Gasteiger partial charge in [-0.1, -0.05) is 57.5 Å². The molecule has 4 heteroatoms. The van der Waals surface area contributed by atoms with Crippen molar-refractivity contribution in [2.75, 3.05) is 26.2 Å². The van der Waals surface area contributed by atoms with Crippen molar-refractivity contribution in [2.24, 2.45) is 17.3 Å². The Labute approximate surface area is 170 Å². The molecule has 0 N–H and O–H groups in total. The molecule has 1 atom stereocenters. The van der Waals surface area contributed by atoms with Crippen molar-refractivity contribution < 1.29 is 9.59 Å². The summed E-state index contributed by atoms with van der Waals surface area (Å²) in [6.07, 6.45) is 6.02. The minimum Gasteiger partial charge on any atom is -0.342 e. The molecule has 28 heavy (non-hydrogen) atoms. The Kier molecular flexibility index (Phi) is 6.79. The first kappa shape index (κ1) is 20.9. The van der Waals surface area contributed by atoms with Crippen molar-refractivity contribution in [3.05, 3.63) is 35.9 Å². The van der Waals surface area contributed by atoms with Crippen LogP contribution in [0.4, 0.5) is 0 Å². The summed E-state index contributed by atoms with van der Waals surface area (Å²) in [5.41, 5.74) is 1.02. The predicted molar refractivity (Wildman–Crippen MR) is 113 cm³/mol. The third-order valence-corrected chi connectivity index (χ3v) is 6.86. The van der Waals surface area contributed by atoms with Gasteiger partial charge in [-0.15, -0.1) is 0 Å². The molecular formula is C24H36N2O2. The molecule has 1 aromatic carbocycles. The monoisotopic (exact) mass is 384 g/mol. The van der Waals surface area contributed by atoms with Gasteiger partial charge in [0, 0.05) is 37.5 Å². The van der Waals surface area contributed by atoms with Crippen molar-refractivity contribution in [1.82, 2.24) is 9.80 Å². The largest absolute Gasteiger partial charge is 0.342 e. The molecule has 0 aromatic heterocycles. The molecule has 2 amide bonds. The second kappa shape index (κ2) is 9.11. The second-order valence-corrected chi connectivity index (χ2v) is 9.16. The zero-order valence-corrected chi connectivity index (χ0v) is 17.8. The first-order chi connectivity index (χ1) is 13.4. The van der Waals surface area contributed by atoms with Crippen LogP contribution in [-0.4, -0.2) is 47.8 Å². The highest BCUT2D eigenvalue weighted by molar-refractivity contribution is 5.83. The molecule has 3 rings (SSSR count). The van der Waals surface area contributed by atoms with Crippen molar-refractivity contribution in [3.63, 3.8) is 0 Å². The molecule has 4 nitrogen and oxygen atoms in total. The zero-order valence-electron chi connectivity index (χ0n) is 17.8. The number of amides is 2. The molecule has 2 fully saturated rings. The molecule has 0 radical (unpaired) electrons. The van der Waals surface area contributed by atoms with Gasteiger partial charge in [0.2, 0.25) is 11.8 Å². The van der Waals surface area contributed by atoms with Gasteiger partial charge < -0.3 is 9.80 Å². The van der Waals surface area contributed by atoms with Gasteiger partial charge in [-0.2, -0.15) is 0 Å². The maximum Gasteiger partial charge on any atom is 0.228 e. The maximum atomic E-state index is 13.6. The van der Waals surface area contributed by atoms with Gasteiger partial charge in [-0.3, -0.25) is 9.59 Å². The fourth-order valence-electron chi connectivity index (χ4n) is 4.97. The highest BCUT2D eigenvalue weighted by atomic mass is 16.2. The summed E-state index contributed by atoms with van der Waals surface area (Å²) in [5, 5.41) is 0. The number of piperidine rings is 1. The molecule has 154 valence electrons. The van der Waals surface area contributed by atoms with Gasteiger partial charge in [-0.05, 0) is 43.6 Å². The van der Waals surface area contributed by atoms with Crippen LogP contribution in [0.25, 0.3) is 0 Å². The highest BCUT2D eigenvalue weighted by Crippen LogP contribution is 2.42. The first-order valence-electron chi connectivity index (χ1n) is 11.0. The molecule has 0 bridgehead atoms. The molecule has 0 aliphatic carbocycles.